The zero-order valence-electron chi connectivity index (χ0n) is 9.07. The van der Waals surface area contributed by atoms with Gasteiger partial charge in [-0.05, 0) is 24.6 Å². The topological polar surface area (TPSA) is 30.7 Å². The van der Waals surface area contributed by atoms with Gasteiger partial charge in [-0.3, -0.25) is 0 Å². The summed E-state index contributed by atoms with van der Waals surface area (Å²) < 4.78 is 38.9. The second-order valence-corrected chi connectivity index (χ2v) is 3.76. The molecular weight excluding hydrogens is 231 g/mol. The quantitative estimate of drug-likeness (QED) is 0.809. The largest absolute Gasteiger partial charge is 0.416 e. The van der Waals surface area contributed by atoms with Crippen molar-refractivity contribution in [1.29, 1.82) is 0 Å². The predicted octanol–water partition coefficient (Wildman–Crippen LogP) is 2.65. The monoisotopic (exact) mass is 241 g/mol. The van der Waals surface area contributed by atoms with E-state index in [9.17, 15) is 13.2 Å². The Kier molecular flexibility index (Phi) is 2.87. The second-order valence-electron chi connectivity index (χ2n) is 3.76. The highest BCUT2D eigenvalue weighted by atomic mass is 19.4. The minimum Gasteiger partial charge on any atom is -0.248 e. The summed E-state index contributed by atoms with van der Waals surface area (Å²) in [6.07, 6.45) is -2.63. The van der Waals surface area contributed by atoms with Crippen LogP contribution in [0.5, 0.6) is 0 Å². The molecule has 2 aromatic rings. The molecule has 0 atom stereocenters. The lowest BCUT2D eigenvalue weighted by Gasteiger charge is -2.08. The maximum absolute atomic E-state index is 12.5. The summed E-state index contributed by atoms with van der Waals surface area (Å²) in [7, 11) is 0. The molecule has 0 unspecified atom stereocenters. The molecule has 1 aromatic heterocycles. The molecule has 0 aliphatic carbocycles. The van der Waals surface area contributed by atoms with E-state index in [1.807, 2.05) is 0 Å². The van der Waals surface area contributed by atoms with Gasteiger partial charge in [-0.25, -0.2) is 4.68 Å². The predicted molar refractivity (Wildman–Crippen MR) is 55.3 cm³/mol. The van der Waals surface area contributed by atoms with Gasteiger partial charge in [0.1, 0.15) is 0 Å². The van der Waals surface area contributed by atoms with E-state index in [1.54, 1.807) is 19.2 Å². The molecule has 0 aliphatic heterocycles. The number of aromatic nitrogens is 3. The molecule has 1 aromatic carbocycles. The number of hydrogen-bond donors (Lipinski definition) is 0. The van der Waals surface area contributed by atoms with Crippen molar-refractivity contribution in [3.8, 4) is 0 Å². The van der Waals surface area contributed by atoms with Crippen molar-refractivity contribution in [3.05, 3.63) is 47.3 Å². The molecule has 6 heteroatoms. The first kappa shape index (κ1) is 11.6. The molecule has 0 saturated carbocycles. The zero-order chi connectivity index (χ0) is 12.5. The van der Waals surface area contributed by atoms with E-state index < -0.39 is 11.7 Å². The normalized spacial score (nSPS) is 11.8. The first-order valence-corrected chi connectivity index (χ1v) is 4.98. The number of benzene rings is 1. The Morgan fingerprint density at radius 2 is 2.06 bits per heavy atom. The Morgan fingerprint density at radius 3 is 2.65 bits per heavy atom. The number of halogens is 3. The number of rotatable bonds is 2. The maximum Gasteiger partial charge on any atom is 0.416 e. The van der Waals surface area contributed by atoms with Gasteiger partial charge in [0, 0.05) is 6.20 Å². The molecule has 0 radical (unpaired) electrons. The summed E-state index contributed by atoms with van der Waals surface area (Å²) in [5.74, 6) is 0. The minimum absolute atomic E-state index is 0.282. The third kappa shape index (κ3) is 2.83. The van der Waals surface area contributed by atoms with Crippen LogP contribution in [-0.2, 0) is 12.7 Å². The SMILES string of the molecule is Cc1cn(Cc2cccc(C(F)(F)F)c2)nn1. The van der Waals surface area contributed by atoms with Crippen LogP contribution in [-0.4, -0.2) is 15.0 Å². The lowest BCUT2D eigenvalue weighted by atomic mass is 10.1. The molecule has 0 aliphatic rings. The second kappa shape index (κ2) is 4.20. The third-order valence-corrected chi connectivity index (χ3v) is 2.25. The molecule has 17 heavy (non-hydrogen) atoms. The Morgan fingerprint density at radius 1 is 1.29 bits per heavy atom. The van der Waals surface area contributed by atoms with E-state index >= 15 is 0 Å². The van der Waals surface area contributed by atoms with Crippen molar-refractivity contribution in [2.45, 2.75) is 19.6 Å². The standard InChI is InChI=1S/C11H10F3N3/c1-8-6-17(16-15-8)7-9-3-2-4-10(5-9)11(12,13)14/h2-6H,7H2,1H3. The molecule has 0 spiro atoms. The van der Waals surface area contributed by atoms with Crippen LogP contribution in [0.4, 0.5) is 13.2 Å². The Bertz CT molecular complexity index is 517. The van der Waals surface area contributed by atoms with Gasteiger partial charge in [0.15, 0.2) is 0 Å². The van der Waals surface area contributed by atoms with Crippen molar-refractivity contribution in [2.24, 2.45) is 0 Å². The highest BCUT2D eigenvalue weighted by Crippen LogP contribution is 2.29. The molecule has 90 valence electrons. The van der Waals surface area contributed by atoms with E-state index in [-0.39, 0.29) is 6.54 Å². The first-order valence-electron chi connectivity index (χ1n) is 4.98. The summed E-state index contributed by atoms with van der Waals surface area (Å²) >= 11 is 0. The minimum atomic E-state index is -4.31. The van der Waals surface area contributed by atoms with E-state index in [0.29, 0.717) is 5.56 Å². The van der Waals surface area contributed by atoms with Crippen LogP contribution < -0.4 is 0 Å². The Hall–Kier alpha value is -1.85. The van der Waals surface area contributed by atoms with Crippen molar-refractivity contribution in [3.63, 3.8) is 0 Å². The smallest absolute Gasteiger partial charge is 0.248 e. The van der Waals surface area contributed by atoms with Crippen LogP contribution >= 0.6 is 0 Å². The zero-order valence-corrected chi connectivity index (χ0v) is 9.07. The van der Waals surface area contributed by atoms with Gasteiger partial charge in [0.2, 0.25) is 0 Å². The van der Waals surface area contributed by atoms with E-state index in [1.165, 1.54) is 10.7 Å². The average Bonchev–Trinajstić information content (AvgIpc) is 2.63. The lowest BCUT2D eigenvalue weighted by molar-refractivity contribution is -0.137. The number of hydrogen-bond acceptors (Lipinski definition) is 2. The van der Waals surface area contributed by atoms with Crippen molar-refractivity contribution < 1.29 is 13.2 Å². The fourth-order valence-electron chi connectivity index (χ4n) is 1.51. The summed E-state index contributed by atoms with van der Waals surface area (Å²) in [5, 5.41) is 7.56. The van der Waals surface area contributed by atoms with Crippen LogP contribution in [0.1, 0.15) is 16.8 Å². The summed E-state index contributed by atoms with van der Waals surface area (Å²) in [6.45, 7) is 2.06. The maximum atomic E-state index is 12.5. The molecule has 0 bridgehead atoms. The van der Waals surface area contributed by atoms with Crippen LogP contribution in [0.3, 0.4) is 0 Å². The molecule has 3 nitrogen and oxygen atoms in total. The number of nitrogens with zero attached hydrogens (tertiary/aromatic N) is 3. The Balaban J connectivity index is 2.22. The van der Waals surface area contributed by atoms with Crippen molar-refractivity contribution in [1.82, 2.24) is 15.0 Å². The molecule has 0 amide bonds. The van der Waals surface area contributed by atoms with E-state index in [0.717, 1.165) is 17.8 Å². The average molecular weight is 241 g/mol. The van der Waals surface area contributed by atoms with Gasteiger partial charge in [-0.15, -0.1) is 5.10 Å². The fraction of sp³-hybridized carbons (Fsp3) is 0.273. The summed E-state index contributed by atoms with van der Waals surface area (Å²) in [5.41, 5.74) is 0.633. The third-order valence-electron chi connectivity index (χ3n) is 2.25. The van der Waals surface area contributed by atoms with Gasteiger partial charge < -0.3 is 0 Å². The van der Waals surface area contributed by atoms with Crippen LogP contribution in [0, 0.1) is 6.92 Å². The van der Waals surface area contributed by atoms with Crippen LogP contribution in [0.15, 0.2) is 30.5 Å². The van der Waals surface area contributed by atoms with Gasteiger partial charge in [-0.2, -0.15) is 13.2 Å². The van der Waals surface area contributed by atoms with Gasteiger partial charge in [-0.1, -0.05) is 17.3 Å². The van der Waals surface area contributed by atoms with E-state index in [2.05, 4.69) is 10.3 Å². The van der Waals surface area contributed by atoms with Gasteiger partial charge >= 0.3 is 6.18 Å². The Labute approximate surface area is 95.9 Å². The fourth-order valence-corrected chi connectivity index (χ4v) is 1.51. The molecular formula is C11H10F3N3. The highest BCUT2D eigenvalue weighted by molar-refractivity contribution is 5.25. The number of alkyl halides is 3. The molecule has 1 heterocycles. The molecule has 0 saturated heterocycles. The van der Waals surface area contributed by atoms with Gasteiger partial charge in [0.05, 0.1) is 17.8 Å². The summed E-state index contributed by atoms with van der Waals surface area (Å²) in [4.78, 5) is 0. The number of aryl methyl sites for hydroxylation is 1. The van der Waals surface area contributed by atoms with E-state index in [4.69, 9.17) is 0 Å². The molecule has 0 N–H and O–H groups in total. The van der Waals surface area contributed by atoms with Gasteiger partial charge in [0.25, 0.3) is 0 Å². The molecule has 2 rings (SSSR count). The van der Waals surface area contributed by atoms with Crippen LogP contribution in [0.2, 0.25) is 0 Å². The van der Waals surface area contributed by atoms with Crippen molar-refractivity contribution in [2.75, 3.05) is 0 Å². The highest BCUT2D eigenvalue weighted by Gasteiger charge is 2.30. The van der Waals surface area contributed by atoms with Crippen molar-refractivity contribution >= 4 is 0 Å². The summed E-state index contributed by atoms with van der Waals surface area (Å²) in [6, 6.07) is 5.20. The lowest BCUT2D eigenvalue weighted by Crippen LogP contribution is -2.07. The van der Waals surface area contributed by atoms with Crippen LogP contribution in [0.25, 0.3) is 0 Å². The molecule has 0 fully saturated rings. The first-order chi connectivity index (χ1) is 7.95.